The Labute approximate surface area is 64.3 Å². The van der Waals surface area contributed by atoms with Gasteiger partial charge in [0.05, 0.1) is 0 Å². The van der Waals surface area contributed by atoms with Gasteiger partial charge < -0.3 is 4.85 Å². The van der Waals surface area contributed by atoms with Gasteiger partial charge in [-0.25, -0.2) is 6.57 Å². The van der Waals surface area contributed by atoms with E-state index in [9.17, 15) is 0 Å². The second-order valence-corrected chi connectivity index (χ2v) is 3.07. The van der Waals surface area contributed by atoms with Crippen molar-refractivity contribution in [2.45, 2.75) is 52.0 Å². The predicted molar refractivity (Wildman–Crippen MR) is 44.8 cm³/mol. The van der Waals surface area contributed by atoms with Crippen molar-refractivity contribution in [1.82, 2.24) is 0 Å². The number of hydrogen-bond acceptors (Lipinski definition) is 0. The van der Waals surface area contributed by atoms with Crippen molar-refractivity contribution >= 4 is 0 Å². The zero-order valence-corrected chi connectivity index (χ0v) is 7.28. The molecular formula is C9H17N. The molecule has 1 heteroatoms. The number of nitrogens with zero attached hydrogens (tertiary/aromatic N) is 1. The Morgan fingerprint density at radius 2 is 2.00 bits per heavy atom. The molecule has 0 aromatic heterocycles. The molecule has 58 valence electrons. The Kier molecular flexibility index (Phi) is 4.11. The molecule has 0 aliphatic heterocycles. The highest BCUT2D eigenvalue weighted by Crippen LogP contribution is 2.21. The lowest BCUT2D eigenvalue weighted by molar-refractivity contribution is 0.470. The van der Waals surface area contributed by atoms with Crippen LogP contribution in [0.2, 0.25) is 0 Å². The van der Waals surface area contributed by atoms with E-state index in [1.54, 1.807) is 0 Å². The molecule has 0 saturated heterocycles. The number of unbranched alkanes of at least 4 members (excludes halogenated alkanes) is 1. The lowest BCUT2D eigenvalue weighted by Crippen LogP contribution is -2.17. The first-order valence-corrected chi connectivity index (χ1v) is 4.07. The van der Waals surface area contributed by atoms with Gasteiger partial charge in [0.25, 0.3) is 0 Å². The lowest BCUT2D eigenvalue weighted by Gasteiger charge is -2.13. The summed E-state index contributed by atoms with van der Waals surface area (Å²) in [6.07, 6.45) is 4.43. The first-order valence-electron chi connectivity index (χ1n) is 4.07. The van der Waals surface area contributed by atoms with E-state index >= 15 is 0 Å². The van der Waals surface area contributed by atoms with Crippen LogP contribution >= 0.6 is 0 Å². The first-order chi connectivity index (χ1) is 4.68. The highest BCUT2D eigenvalue weighted by Gasteiger charge is 2.25. The molecule has 0 N–H and O–H groups in total. The van der Waals surface area contributed by atoms with Gasteiger partial charge in [-0.05, 0) is 6.42 Å². The minimum absolute atomic E-state index is 0.0734. The maximum atomic E-state index is 6.96. The second-order valence-electron chi connectivity index (χ2n) is 3.07. The molecule has 0 rings (SSSR count). The third kappa shape index (κ3) is 2.87. The van der Waals surface area contributed by atoms with Gasteiger partial charge in [0.15, 0.2) is 0 Å². The summed E-state index contributed by atoms with van der Waals surface area (Å²) in [5.74, 6) is 0. The van der Waals surface area contributed by atoms with E-state index in [1.807, 2.05) is 0 Å². The van der Waals surface area contributed by atoms with Crippen LogP contribution in [0.25, 0.3) is 4.85 Å². The SMILES string of the molecule is [C-]#[N+]C(C)(CC)CCCC. The standard InChI is InChI=1S/C9H17N/c1-5-7-8-9(3,6-2)10-4/h5-8H2,1-3H3. The Bertz CT molecular complexity index is 123. The highest BCUT2D eigenvalue weighted by molar-refractivity contribution is 4.92. The van der Waals surface area contributed by atoms with Crippen LogP contribution in [-0.4, -0.2) is 5.54 Å². The topological polar surface area (TPSA) is 4.36 Å². The van der Waals surface area contributed by atoms with E-state index in [2.05, 4.69) is 25.6 Å². The Morgan fingerprint density at radius 3 is 2.30 bits per heavy atom. The van der Waals surface area contributed by atoms with Crippen molar-refractivity contribution in [3.8, 4) is 0 Å². The van der Waals surface area contributed by atoms with Crippen LogP contribution in [-0.2, 0) is 0 Å². The van der Waals surface area contributed by atoms with Crippen LogP contribution in [0.15, 0.2) is 0 Å². The summed E-state index contributed by atoms with van der Waals surface area (Å²) in [7, 11) is 0. The van der Waals surface area contributed by atoms with Gasteiger partial charge in [0.1, 0.15) is 0 Å². The largest absolute Gasteiger partial charge is 0.311 e. The fourth-order valence-corrected chi connectivity index (χ4v) is 0.869. The highest BCUT2D eigenvalue weighted by atomic mass is 14.8. The molecule has 0 aromatic carbocycles. The van der Waals surface area contributed by atoms with Crippen molar-refractivity contribution < 1.29 is 0 Å². The molecule has 10 heavy (non-hydrogen) atoms. The summed E-state index contributed by atoms with van der Waals surface area (Å²) in [6, 6.07) is 0. The van der Waals surface area contributed by atoms with E-state index in [4.69, 9.17) is 6.57 Å². The third-order valence-electron chi connectivity index (χ3n) is 2.10. The molecule has 0 bridgehead atoms. The van der Waals surface area contributed by atoms with Crippen LogP contribution in [0.5, 0.6) is 0 Å². The monoisotopic (exact) mass is 139 g/mol. The lowest BCUT2D eigenvalue weighted by atomic mass is 9.93. The Morgan fingerprint density at radius 1 is 1.40 bits per heavy atom. The minimum Gasteiger partial charge on any atom is -0.311 e. The van der Waals surface area contributed by atoms with Crippen LogP contribution in [0, 0.1) is 6.57 Å². The van der Waals surface area contributed by atoms with Gasteiger partial charge in [0, 0.05) is 19.8 Å². The van der Waals surface area contributed by atoms with Gasteiger partial charge in [-0.2, -0.15) is 0 Å². The molecule has 0 aliphatic rings. The molecule has 0 spiro atoms. The molecular weight excluding hydrogens is 122 g/mol. The number of rotatable bonds is 4. The van der Waals surface area contributed by atoms with E-state index < -0.39 is 0 Å². The predicted octanol–water partition coefficient (Wildman–Crippen LogP) is 3.26. The zero-order valence-electron chi connectivity index (χ0n) is 7.28. The molecule has 0 saturated carbocycles. The average Bonchev–Trinajstić information content (AvgIpc) is 2.00. The third-order valence-corrected chi connectivity index (χ3v) is 2.10. The van der Waals surface area contributed by atoms with Crippen molar-refractivity contribution in [3.63, 3.8) is 0 Å². The smallest absolute Gasteiger partial charge is 0.229 e. The average molecular weight is 139 g/mol. The van der Waals surface area contributed by atoms with Gasteiger partial charge in [-0.15, -0.1) is 0 Å². The van der Waals surface area contributed by atoms with Crippen LogP contribution in [0.3, 0.4) is 0 Å². The van der Waals surface area contributed by atoms with Crippen molar-refractivity contribution in [3.05, 3.63) is 11.4 Å². The fourth-order valence-electron chi connectivity index (χ4n) is 0.869. The van der Waals surface area contributed by atoms with Gasteiger partial charge in [-0.3, -0.25) is 0 Å². The van der Waals surface area contributed by atoms with Gasteiger partial charge in [-0.1, -0.05) is 20.3 Å². The minimum atomic E-state index is -0.0734. The molecule has 0 fully saturated rings. The van der Waals surface area contributed by atoms with Crippen molar-refractivity contribution in [2.24, 2.45) is 0 Å². The van der Waals surface area contributed by atoms with Crippen LogP contribution in [0.1, 0.15) is 46.5 Å². The van der Waals surface area contributed by atoms with Gasteiger partial charge >= 0.3 is 0 Å². The molecule has 0 aromatic rings. The molecule has 1 atom stereocenters. The maximum absolute atomic E-state index is 6.96. The van der Waals surface area contributed by atoms with Crippen LogP contribution in [0.4, 0.5) is 0 Å². The summed E-state index contributed by atoms with van der Waals surface area (Å²) >= 11 is 0. The molecule has 0 heterocycles. The first kappa shape index (κ1) is 9.49. The fraction of sp³-hybridized carbons (Fsp3) is 0.889. The molecule has 1 nitrogen and oxygen atoms in total. The summed E-state index contributed by atoms with van der Waals surface area (Å²) in [6.45, 7) is 13.3. The molecule has 0 aliphatic carbocycles. The van der Waals surface area contributed by atoms with E-state index in [-0.39, 0.29) is 5.54 Å². The normalized spacial score (nSPS) is 15.8. The maximum Gasteiger partial charge on any atom is 0.229 e. The van der Waals surface area contributed by atoms with E-state index in [1.165, 1.54) is 12.8 Å². The summed E-state index contributed by atoms with van der Waals surface area (Å²) in [5, 5.41) is 0. The Hall–Kier alpha value is -0.510. The molecule has 0 radical (unpaired) electrons. The summed E-state index contributed by atoms with van der Waals surface area (Å²) < 4.78 is 0. The summed E-state index contributed by atoms with van der Waals surface area (Å²) in [5.41, 5.74) is -0.0734. The summed E-state index contributed by atoms with van der Waals surface area (Å²) in [4.78, 5) is 3.63. The molecule has 1 unspecified atom stereocenters. The number of hydrogen-bond donors (Lipinski definition) is 0. The van der Waals surface area contributed by atoms with E-state index in [0.717, 1.165) is 12.8 Å². The van der Waals surface area contributed by atoms with Crippen molar-refractivity contribution in [1.29, 1.82) is 0 Å². The zero-order chi connectivity index (χ0) is 8.04. The van der Waals surface area contributed by atoms with Crippen LogP contribution < -0.4 is 0 Å². The Balaban J connectivity index is 3.72. The van der Waals surface area contributed by atoms with E-state index in [0.29, 0.717) is 0 Å². The van der Waals surface area contributed by atoms with Gasteiger partial charge in [0.2, 0.25) is 5.54 Å². The quantitative estimate of drug-likeness (QED) is 0.526. The second kappa shape index (κ2) is 4.33. The molecule has 0 amide bonds. The van der Waals surface area contributed by atoms with Crippen molar-refractivity contribution in [2.75, 3.05) is 0 Å².